The van der Waals surface area contributed by atoms with E-state index in [1.165, 1.54) is 0 Å². The van der Waals surface area contributed by atoms with E-state index in [-0.39, 0.29) is 0 Å². The van der Waals surface area contributed by atoms with Gasteiger partial charge >= 0.3 is 0 Å². The maximum absolute atomic E-state index is 6.15. The molecule has 0 atom stereocenters. The molecular formula is C14H10Cl2N2O. The fourth-order valence-electron chi connectivity index (χ4n) is 1.88. The van der Waals surface area contributed by atoms with Gasteiger partial charge in [0.25, 0.3) is 0 Å². The molecule has 0 bridgehead atoms. The van der Waals surface area contributed by atoms with Crippen molar-refractivity contribution >= 4 is 40.0 Å². The van der Waals surface area contributed by atoms with Crippen molar-refractivity contribution in [3.8, 4) is 11.5 Å². The van der Waals surface area contributed by atoms with Gasteiger partial charge in [0.15, 0.2) is 5.58 Å². The number of anilines is 1. The summed E-state index contributed by atoms with van der Waals surface area (Å²) >= 11 is 12.1. The lowest BCUT2D eigenvalue weighted by molar-refractivity contribution is 0.620. The quantitative estimate of drug-likeness (QED) is 0.662. The Morgan fingerprint density at radius 3 is 2.68 bits per heavy atom. The third-order valence-electron chi connectivity index (χ3n) is 2.86. The second kappa shape index (κ2) is 4.44. The molecule has 0 radical (unpaired) electrons. The Hall–Kier alpha value is -1.71. The predicted molar refractivity (Wildman–Crippen MR) is 78.6 cm³/mol. The van der Waals surface area contributed by atoms with Gasteiger partial charge in [-0.05, 0) is 36.8 Å². The number of nitrogens with two attached hydrogens (primary N) is 1. The number of nitrogens with zero attached hydrogens (tertiary/aromatic N) is 1. The first-order valence-electron chi connectivity index (χ1n) is 5.66. The highest BCUT2D eigenvalue weighted by Gasteiger charge is 2.13. The first-order chi connectivity index (χ1) is 9.04. The minimum absolute atomic E-state index is 0.417. The number of nitrogen functional groups attached to an aromatic ring is 1. The van der Waals surface area contributed by atoms with Gasteiger partial charge < -0.3 is 10.2 Å². The van der Waals surface area contributed by atoms with Crippen LogP contribution in [0.1, 0.15) is 5.56 Å². The number of fused-ring (bicyclic) bond motifs is 1. The lowest BCUT2D eigenvalue weighted by atomic mass is 10.2. The van der Waals surface area contributed by atoms with Crippen LogP contribution >= 0.6 is 23.2 Å². The topological polar surface area (TPSA) is 52.0 Å². The van der Waals surface area contributed by atoms with E-state index >= 15 is 0 Å². The number of oxazole rings is 1. The summed E-state index contributed by atoms with van der Waals surface area (Å²) in [6.07, 6.45) is 0. The number of rotatable bonds is 1. The molecule has 3 aromatic rings. The predicted octanol–water partition coefficient (Wildman–Crippen LogP) is 4.69. The Labute approximate surface area is 119 Å². The highest BCUT2D eigenvalue weighted by molar-refractivity contribution is 6.37. The van der Waals surface area contributed by atoms with E-state index in [0.29, 0.717) is 32.8 Å². The molecule has 0 saturated carbocycles. The van der Waals surface area contributed by atoms with Crippen molar-refractivity contribution in [2.45, 2.75) is 6.92 Å². The van der Waals surface area contributed by atoms with Crippen LogP contribution in [0.5, 0.6) is 0 Å². The van der Waals surface area contributed by atoms with Crippen LogP contribution in [-0.2, 0) is 0 Å². The molecule has 0 unspecified atom stereocenters. The van der Waals surface area contributed by atoms with Gasteiger partial charge in [-0.2, -0.15) is 0 Å². The Kier molecular flexibility index (Phi) is 2.88. The Morgan fingerprint density at radius 1 is 1.11 bits per heavy atom. The lowest BCUT2D eigenvalue weighted by Gasteiger charge is -2.03. The number of benzene rings is 2. The zero-order valence-electron chi connectivity index (χ0n) is 10.1. The zero-order valence-corrected chi connectivity index (χ0v) is 11.6. The number of aryl methyl sites for hydroxylation is 1. The summed E-state index contributed by atoms with van der Waals surface area (Å²) in [4.78, 5) is 4.43. The summed E-state index contributed by atoms with van der Waals surface area (Å²) in [5.74, 6) is 0.439. The second-order valence-corrected chi connectivity index (χ2v) is 5.16. The molecule has 0 amide bonds. The molecule has 3 nitrogen and oxygen atoms in total. The number of halogens is 2. The molecule has 0 aliphatic heterocycles. The minimum atomic E-state index is 0.417. The molecule has 0 spiro atoms. The Balaban J connectivity index is 2.21. The van der Waals surface area contributed by atoms with Gasteiger partial charge in [0.2, 0.25) is 5.89 Å². The van der Waals surface area contributed by atoms with Gasteiger partial charge in [0.05, 0.1) is 21.3 Å². The highest BCUT2D eigenvalue weighted by atomic mass is 35.5. The van der Waals surface area contributed by atoms with E-state index in [1.807, 2.05) is 25.1 Å². The van der Waals surface area contributed by atoms with Crippen LogP contribution in [0.3, 0.4) is 0 Å². The van der Waals surface area contributed by atoms with Crippen molar-refractivity contribution < 1.29 is 4.42 Å². The first kappa shape index (κ1) is 12.3. The first-order valence-corrected chi connectivity index (χ1v) is 6.42. The van der Waals surface area contributed by atoms with Crippen molar-refractivity contribution in [3.63, 3.8) is 0 Å². The van der Waals surface area contributed by atoms with Gasteiger partial charge in [-0.1, -0.05) is 29.3 Å². The molecular weight excluding hydrogens is 283 g/mol. The van der Waals surface area contributed by atoms with Gasteiger partial charge in [-0.3, -0.25) is 0 Å². The second-order valence-electron chi connectivity index (χ2n) is 4.34. The largest absolute Gasteiger partial charge is 0.436 e. The Bertz CT molecular complexity index is 780. The van der Waals surface area contributed by atoms with Crippen LogP contribution in [-0.4, -0.2) is 4.98 Å². The average molecular weight is 293 g/mol. The molecule has 0 fully saturated rings. The van der Waals surface area contributed by atoms with Gasteiger partial charge in [0, 0.05) is 0 Å². The zero-order chi connectivity index (χ0) is 13.6. The molecule has 19 heavy (non-hydrogen) atoms. The maximum atomic E-state index is 6.15. The molecule has 1 aromatic heterocycles. The van der Waals surface area contributed by atoms with Gasteiger partial charge in [-0.15, -0.1) is 0 Å². The fourth-order valence-corrected chi connectivity index (χ4v) is 2.35. The van der Waals surface area contributed by atoms with Crippen molar-refractivity contribution in [1.29, 1.82) is 0 Å². The molecule has 2 aromatic carbocycles. The van der Waals surface area contributed by atoms with Crippen molar-refractivity contribution in [1.82, 2.24) is 4.98 Å². The minimum Gasteiger partial charge on any atom is -0.436 e. The van der Waals surface area contributed by atoms with Crippen LogP contribution in [0.2, 0.25) is 10.0 Å². The number of aromatic nitrogens is 1. The summed E-state index contributed by atoms with van der Waals surface area (Å²) < 4.78 is 5.69. The normalized spacial score (nSPS) is 11.1. The van der Waals surface area contributed by atoms with Crippen molar-refractivity contribution in [2.24, 2.45) is 0 Å². The Morgan fingerprint density at radius 2 is 1.89 bits per heavy atom. The fraction of sp³-hybridized carbons (Fsp3) is 0.0714. The number of hydrogen-bond acceptors (Lipinski definition) is 3. The van der Waals surface area contributed by atoms with Gasteiger partial charge in [-0.25, -0.2) is 4.98 Å². The third-order valence-corrected chi connectivity index (χ3v) is 3.50. The summed E-state index contributed by atoms with van der Waals surface area (Å²) in [5, 5.41) is 0.878. The van der Waals surface area contributed by atoms with Crippen LogP contribution in [0.15, 0.2) is 34.7 Å². The molecule has 2 N–H and O–H groups in total. The molecule has 0 aliphatic carbocycles. The molecule has 96 valence electrons. The van der Waals surface area contributed by atoms with Gasteiger partial charge in [0.1, 0.15) is 5.52 Å². The standard InChI is InChI=1S/C14H10Cl2N2O/c1-7-2-3-13-12(4-7)18-14(19-13)8-5-11(17)10(16)6-9(8)15/h2-6H,17H2,1H3. The summed E-state index contributed by atoms with van der Waals surface area (Å²) in [6.45, 7) is 2.00. The van der Waals surface area contributed by atoms with E-state index < -0.39 is 0 Å². The highest BCUT2D eigenvalue weighted by Crippen LogP contribution is 2.35. The van der Waals surface area contributed by atoms with Crippen molar-refractivity contribution in [3.05, 3.63) is 45.9 Å². The van der Waals surface area contributed by atoms with Crippen LogP contribution in [0, 0.1) is 6.92 Å². The van der Waals surface area contributed by atoms with Crippen LogP contribution in [0.25, 0.3) is 22.6 Å². The molecule has 0 saturated heterocycles. The summed E-state index contributed by atoms with van der Waals surface area (Å²) in [7, 11) is 0. The van der Waals surface area contributed by atoms with E-state index in [2.05, 4.69) is 4.98 Å². The van der Waals surface area contributed by atoms with Crippen LogP contribution < -0.4 is 5.73 Å². The third kappa shape index (κ3) is 2.15. The van der Waals surface area contributed by atoms with Crippen molar-refractivity contribution in [2.75, 3.05) is 5.73 Å². The summed E-state index contributed by atoms with van der Waals surface area (Å²) in [6, 6.07) is 9.06. The monoisotopic (exact) mass is 292 g/mol. The molecule has 3 rings (SSSR count). The molecule has 5 heteroatoms. The lowest BCUT2D eigenvalue weighted by Crippen LogP contribution is -1.88. The van der Waals surface area contributed by atoms with E-state index in [0.717, 1.165) is 11.1 Å². The summed E-state index contributed by atoms with van der Waals surface area (Å²) in [5.41, 5.74) is 9.49. The smallest absolute Gasteiger partial charge is 0.228 e. The maximum Gasteiger partial charge on any atom is 0.228 e. The average Bonchev–Trinajstić information content (AvgIpc) is 2.76. The number of hydrogen-bond donors (Lipinski definition) is 1. The van der Waals surface area contributed by atoms with E-state index in [9.17, 15) is 0 Å². The molecule has 0 aliphatic rings. The SMILES string of the molecule is Cc1ccc2oc(-c3cc(N)c(Cl)cc3Cl)nc2c1. The van der Waals surface area contributed by atoms with E-state index in [4.69, 9.17) is 33.4 Å². The molecule has 1 heterocycles. The van der Waals surface area contributed by atoms with Crippen LogP contribution in [0.4, 0.5) is 5.69 Å². The van der Waals surface area contributed by atoms with E-state index in [1.54, 1.807) is 12.1 Å².